The molecule has 0 unspecified atom stereocenters. The van der Waals surface area contributed by atoms with Crippen LogP contribution in [0.25, 0.3) is 0 Å². The maximum Gasteiger partial charge on any atom is 0.328 e. The molecule has 0 radical (unpaired) electrons. The van der Waals surface area contributed by atoms with E-state index in [1.54, 1.807) is 41.3 Å². The third kappa shape index (κ3) is 4.46. The van der Waals surface area contributed by atoms with Gasteiger partial charge in [0.1, 0.15) is 6.04 Å². The van der Waals surface area contributed by atoms with E-state index in [1.807, 2.05) is 0 Å². The van der Waals surface area contributed by atoms with Gasteiger partial charge in [-0.25, -0.2) is 13.2 Å². The van der Waals surface area contributed by atoms with E-state index in [0.29, 0.717) is 17.1 Å². The second kappa shape index (κ2) is 9.35. The summed E-state index contributed by atoms with van der Waals surface area (Å²) in [6.07, 6.45) is 4.47. The SMILES string of the molecule is COC(=O)[C@@H]1C[C@@H]2CCCC[C@H]2N1C(=O)c1cccc(S(=O)(=O)N(C)c2cccc(Cl)c2)c1. The van der Waals surface area contributed by atoms with Crippen LogP contribution in [0.15, 0.2) is 53.4 Å². The van der Waals surface area contributed by atoms with Crippen molar-refractivity contribution < 1.29 is 22.7 Å². The monoisotopic (exact) mass is 490 g/mol. The highest BCUT2D eigenvalue weighted by Crippen LogP contribution is 2.41. The van der Waals surface area contributed by atoms with Gasteiger partial charge < -0.3 is 9.64 Å². The van der Waals surface area contributed by atoms with Crippen LogP contribution in [0.5, 0.6) is 0 Å². The fourth-order valence-corrected chi connectivity index (χ4v) is 6.42. The van der Waals surface area contributed by atoms with E-state index in [4.69, 9.17) is 16.3 Å². The fourth-order valence-electron chi connectivity index (χ4n) is 5.01. The molecule has 0 N–H and O–H groups in total. The lowest BCUT2D eigenvalue weighted by Gasteiger charge is -2.33. The molecule has 0 aromatic heterocycles. The molecule has 3 atom stereocenters. The number of carbonyl (C=O) groups excluding carboxylic acids is 2. The van der Waals surface area contributed by atoms with Crippen LogP contribution < -0.4 is 4.31 Å². The highest BCUT2D eigenvalue weighted by molar-refractivity contribution is 7.92. The topological polar surface area (TPSA) is 84.0 Å². The number of ether oxygens (including phenoxy) is 1. The van der Waals surface area contributed by atoms with E-state index >= 15 is 0 Å². The van der Waals surface area contributed by atoms with Crippen molar-refractivity contribution in [3.63, 3.8) is 0 Å². The lowest BCUT2D eigenvalue weighted by molar-refractivity contribution is -0.145. The molecular formula is C24H27ClN2O5S. The number of sulfonamides is 1. The van der Waals surface area contributed by atoms with Crippen molar-refractivity contribution >= 4 is 39.2 Å². The van der Waals surface area contributed by atoms with Gasteiger partial charge in [0.2, 0.25) is 0 Å². The Labute approximate surface area is 199 Å². The summed E-state index contributed by atoms with van der Waals surface area (Å²) in [6.45, 7) is 0. The van der Waals surface area contributed by atoms with Crippen molar-refractivity contribution in [2.75, 3.05) is 18.5 Å². The zero-order chi connectivity index (χ0) is 23.8. The summed E-state index contributed by atoms with van der Waals surface area (Å²) < 4.78 is 32.7. The Kier molecular flexibility index (Phi) is 6.68. The van der Waals surface area contributed by atoms with Gasteiger partial charge in [-0.1, -0.05) is 36.6 Å². The van der Waals surface area contributed by atoms with Crippen molar-refractivity contribution in [2.45, 2.75) is 49.1 Å². The molecule has 1 amide bonds. The molecule has 7 nitrogen and oxygen atoms in total. The molecule has 0 bridgehead atoms. The summed E-state index contributed by atoms with van der Waals surface area (Å²) in [4.78, 5) is 27.7. The highest BCUT2D eigenvalue weighted by Gasteiger charge is 2.48. The van der Waals surface area contributed by atoms with Gasteiger partial charge in [0.15, 0.2) is 0 Å². The standard InChI is InChI=1S/C24H27ClN2O5S/c1-26(19-10-6-9-18(25)15-19)33(30,31)20-11-5-8-17(13-20)23(28)27-21-12-4-3-7-16(21)14-22(27)24(29)32-2/h5-6,8-11,13,15-16,21-22H,3-4,7,12,14H2,1-2H3/t16-,21+,22-/m0/s1. The van der Waals surface area contributed by atoms with Crippen LogP contribution in [-0.2, 0) is 19.6 Å². The summed E-state index contributed by atoms with van der Waals surface area (Å²) >= 11 is 6.02. The van der Waals surface area contributed by atoms with Gasteiger partial charge in [-0.15, -0.1) is 0 Å². The van der Waals surface area contributed by atoms with Crippen LogP contribution >= 0.6 is 11.6 Å². The summed E-state index contributed by atoms with van der Waals surface area (Å²) in [6, 6.07) is 11.8. The summed E-state index contributed by atoms with van der Waals surface area (Å²) in [7, 11) is -1.17. The molecular weight excluding hydrogens is 464 g/mol. The molecule has 2 aromatic carbocycles. The number of amides is 1. The number of fused-ring (bicyclic) bond motifs is 1. The Bertz CT molecular complexity index is 1170. The average Bonchev–Trinajstić information content (AvgIpc) is 3.22. The minimum absolute atomic E-state index is 0.00941. The van der Waals surface area contributed by atoms with Crippen molar-refractivity contribution in [3.8, 4) is 0 Å². The Morgan fingerprint density at radius 2 is 1.82 bits per heavy atom. The van der Waals surface area contributed by atoms with Crippen LogP contribution in [0.1, 0.15) is 42.5 Å². The number of rotatable bonds is 5. The number of nitrogens with zero attached hydrogens (tertiary/aromatic N) is 2. The van der Waals surface area contributed by atoms with Crippen LogP contribution in [0.2, 0.25) is 5.02 Å². The third-order valence-electron chi connectivity index (χ3n) is 6.71. The number of carbonyl (C=O) groups is 2. The number of anilines is 1. The van der Waals surface area contributed by atoms with E-state index in [0.717, 1.165) is 30.0 Å². The minimum Gasteiger partial charge on any atom is -0.467 e. The second-order valence-corrected chi connectivity index (χ2v) is 11.0. The molecule has 2 aliphatic rings. The van der Waals surface area contributed by atoms with E-state index in [-0.39, 0.29) is 28.3 Å². The van der Waals surface area contributed by atoms with E-state index < -0.39 is 22.0 Å². The molecule has 9 heteroatoms. The lowest BCUT2D eigenvalue weighted by Crippen LogP contribution is -2.46. The molecule has 1 saturated carbocycles. The maximum absolute atomic E-state index is 13.6. The number of methoxy groups -OCH3 is 1. The van der Waals surface area contributed by atoms with Crippen molar-refractivity contribution in [1.29, 1.82) is 0 Å². The summed E-state index contributed by atoms with van der Waals surface area (Å²) in [5.41, 5.74) is 0.644. The van der Waals surface area contributed by atoms with Gasteiger partial charge in [0.25, 0.3) is 15.9 Å². The molecule has 176 valence electrons. The van der Waals surface area contributed by atoms with Gasteiger partial charge in [0.05, 0.1) is 17.7 Å². The number of esters is 1. The number of likely N-dealkylation sites (tertiary alicyclic amines) is 1. The predicted octanol–water partition coefficient (Wildman–Crippen LogP) is 4.11. The first-order valence-corrected chi connectivity index (χ1v) is 12.8. The van der Waals surface area contributed by atoms with Gasteiger partial charge in [-0.2, -0.15) is 0 Å². The molecule has 2 fully saturated rings. The van der Waals surface area contributed by atoms with Crippen molar-refractivity contribution in [3.05, 3.63) is 59.1 Å². The number of benzene rings is 2. The number of halogens is 1. The first kappa shape index (κ1) is 23.6. The Hall–Kier alpha value is -2.58. The van der Waals surface area contributed by atoms with Gasteiger partial charge in [-0.3, -0.25) is 9.10 Å². The molecule has 1 aliphatic carbocycles. The van der Waals surface area contributed by atoms with E-state index in [1.165, 1.54) is 26.3 Å². The molecule has 1 heterocycles. The maximum atomic E-state index is 13.6. The quantitative estimate of drug-likeness (QED) is 0.589. The van der Waals surface area contributed by atoms with Crippen LogP contribution in [0, 0.1) is 5.92 Å². The molecule has 4 rings (SSSR count). The van der Waals surface area contributed by atoms with Crippen LogP contribution in [0.3, 0.4) is 0 Å². The van der Waals surface area contributed by atoms with Gasteiger partial charge in [0, 0.05) is 23.7 Å². The lowest BCUT2D eigenvalue weighted by atomic mass is 9.84. The van der Waals surface area contributed by atoms with Crippen LogP contribution in [0.4, 0.5) is 5.69 Å². The van der Waals surface area contributed by atoms with Gasteiger partial charge >= 0.3 is 5.97 Å². The zero-order valence-electron chi connectivity index (χ0n) is 18.6. The summed E-state index contributed by atoms with van der Waals surface area (Å²) in [5.74, 6) is -0.517. The van der Waals surface area contributed by atoms with Crippen molar-refractivity contribution in [1.82, 2.24) is 4.90 Å². The predicted molar refractivity (Wildman–Crippen MR) is 126 cm³/mol. The molecule has 2 aromatic rings. The molecule has 1 saturated heterocycles. The summed E-state index contributed by atoms with van der Waals surface area (Å²) in [5, 5.41) is 0.420. The van der Waals surface area contributed by atoms with E-state index in [2.05, 4.69) is 0 Å². The second-order valence-electron chi connectivity index (χ2n) is 8.58. The smallest absolute Gasteiger partial charge is 0.328 e. The average molecular weight is 491 g/mol. The first-order valence-electron chi connectivity index (χ1n) is 11.0. The molecule has 33 heavy (non-hydrogen) atoms. The van der Waals surface area contributed by atoms with Crippen LogP contribution in [-0.4, -0.2) is 51.4 Å². The zero-order valence-corrected chi connectivity index (χ0v) is 20.2. The minimum atomic E-state index is -3.93. The normalized spacial score (nSPS) is 22.5. The Morgan fingerprint density at radius 1 is 1.09 bits per heavy atom. The first-order chi connectivity index (χ1) is 15.7. The number of hydrogen-bond donors (Lipinski definition) is 0. The van der Waals surface area contributed by atoms with E-state index in [9.17, 15) is 18.0 Å². The largest absolute Gasteiger partial charge is 0.467 e. The number of hydrogen-bond acceptors (Lipinski definition) is 5. The van der Waals surface area contributed by atoms with Crippen molar-refractivity contribution in [2.24, 2.45) is 5.92 Å². The Balaban J connectivity index is 1.66. The molecule has 0 spiro atoms. The third-order valence-corrected chi connectivity index (χ3v) is 8.72. The highest BCUT2D eigenvalue weighted by atomic mass is 35.5. The Morgan fingerprint density at radius 3 is 2.55 bits per heavy atom. The molecule has 1 aliphatic heterocycles. The van der Waals surface area contributed by atoms with Gasteiger partial charge in [-0.05, 0) is 61.6 Å². The fraction of sp³-hybridized carbons (Fsp3) is 0.417.